The van der Waals surface area contributed by atoms with Gasteiger partial charge in [-0.25, -0.2) is 4.79 Å². The summed E-state index contributed by atoms with van der Waals surface area (Å²) in [5.74, 6) is -0.719. The Morgan fingerprint density at radius 1 is 1.20 bits per heavy atom. The molecule has 2 aliphatic rings. The Hall–Kier alpha value is -2.00. The Morgan fingerprint density at radius 2 is 1.93 bits per heavy atom. The van der Waals surface area contributed by atoms with Crippen LogP contribution in [-0.2, 0) is 34.3 Å². The summed E-state index contributed by atoms with van der Waals surface area (Å²) < 4.78 is 38.6. The predicted octanol–water partition coefficient (Wildman–Crippen LogP) is 5.74. The first kappa shape index (κ1) is 32.5. The molecule has 1 aromatic rings. The normalized spacial score (nSPS) is 21.4. The molecule has 0 radical (unpaired) electrons. The van der Waals surface area contributed by atoms with Gasteiger partial charge in [-0.2, -0.15) is 0 Å². The maximum atomic E-state index is 13.4. The van der Waals surface area contributed by atoms with Gasteiger partial charge in [0.05, 0.1) is 26.4 Å². The molecule has 0 heterocycles. The van der Waals surface area contributed by atoms with Gasteiger partial charge in [0.25, 0.3) is 7.82 Å². The van der Waals surface area contributed by atoms with Crippen molar-refractivity contribution < 1.29 is 42.6 Å². The summed E-state index contributed by atoms with van der Waals surface area (Å²) in [5, 5.41) is 11.2. The van der Waals surface area contributed by atoms with Crippen LogP contribution in [0.1, 0.15) is 82.8 Å². The number of aromatic hydroxyl groups is 1. The highest BCUT2D eigenvalue weighted by Gasteiger charge is 2.56. The number of esters is 1. The van der Waals surface area contributed by atoms with E-state index in [1.54, 1.807) is 12.1 Å². The molecule has 9 nitrogen and oxygen atoms in total. The van der Waals surface area contributed by atoms with Crippen LogP contribution in [0.15, 0.2) is 35.9 Å². The molecule has 0 amide bonds. The van der Waals surface area contributed by atoms with E-state index in [1.807, 2.05) is 13.8 Å². The average Bonchev–Trinajstić information content (AvgIpc) is 3.66. The Kier molecular flexibility index (Phi) is 12.0. The maximum absolute atomic E-state index is 13.4. The van der Waals surface area contributed by atoms with Crippen LogP contribution >= 0.6 is 7.82 Å². The lowest BCUT2D eigenvalue weighted by Gasteiger charge is -2.32. The summed E-state index contributed by atoms with van der Waals surface area (Å²) in [6.07, 6.45) is 7.98. The van der Waals surface area contributed by atoms with E-state index >= 15 is 0 Å². The van der Waals surface area contributed by atoms with Crippen molar-refractivity contribution in [2.45, 2.75) is 83.7 Å². The summed E-state index contributed by atoms with van der Waals surface area (Å²) in [5.41, 5.74) is 1.87. The van der Waals surface area contributed by atoms with Gasteiger partial charge in [-0.3, -0.25) is 9.09 Å². The smallest absolute Gasteiger partial charge is 0.344 e. The van der Waals surface area contributed by atoms with Gasteiger partial charge >= 0.3 is 5.97 Å². The molecule has 3 atom stereocenters. The fraction of sp³-hybridized carbons (Fsp3) is 0.633. The Balaban J connectivity index is 1.83. The Morgan fingerprint density at radius 3 is 2.58 bits per heavy atom. The molecule has 0 spiro atoms. The van der Waals surface area contributed by atoms with Crippen molar-refractivity contribution >= 4 is 13.8 Å². The number of hydrogen-bond donors (Lipinski definition) is 1. The van der Waals surface area contributed by atoms with Crippen molar-refractivity contribution in [3.63, 3.8) is 0 Å². The van der Waals surface area contributed by atoms with E-state index in [2.05, 4.69) is 19.6 Å². The molecule has 1 unspecified atom stereocenters. The minimum atomic E-state index is -4.81. The second kappa shape index (κ2) is 14.8. The highest BCUT2D eigenvalue weighted by molar-refractivity contribution is 7.46. The first-order valence-corrected chi connectivity index (χ1v) is 15.6. The first-order chi connectivity index (χ1) is 19.0. The molecule has 0 saturated heterocycles. The quantitative estimate of drug-likeness (QED) is 0.0808. The van der Waals surface area contributed by atoms with Crippen LogP contribution in [0.3, 0.4) is 0 Å². The van der Waals surface area contributed by atoms with Crippen LogP contribution in [0.4, 0.5) is 0 Å². The van der Waals surface area contributed by atoms with E-state index in [9.17, 15) is 19.4 Å². The van der Waals surface area contributed by atoms with E-state index in [-0.39, 0.29) is 49.4 Å². The third-order valence-corrected chi connectivity index (χ3v) is 8.51. The molecule has 224 valence electrons. The van der Waals surface area contributed by atoms with Crippen molar-refractivity contribution in [2.24, 2.45) is 5.92 Å². The highest BCUT2D eigenvalue weighted by atomic mass is 31.2. The second-order valence-corrected chi connectivity index (χ2v) is 12.2. The number of aryl methyl sites for hydroxylation is 1. The van der Waals surface area contributed by atoms with E-state index in [1.165, 1.54) is 12.7 Å². The number of hydrogen-bond acceptors (Lipinski definition) is 9. The van der Waals surface area contributed by atoms with Crippen molar-refractivity contribution in [3.8, 4) is 11.5 Å². The second-order valence-electron chi connectivity index (χ2n) is 10.9. The lowest BCUT2D eigenvalue weighted by molar-refractivity contribution is -0.233. The molecule has 0 aromatic heterocycles. The summed E-state index contributed by atoms with van der Waals surface area (Å²) in [4.78, 5) is 25.9. The van der Waals surface area contributed by atoms with Crippen LogP contribution in [0.2, 0.25) is 0 Å². The minimum Gasteiger partial charge on any atom is -0.756 e. The molecule has 0 bridgehead atoms. The molecule has 2 aliphatic carbocycles. The molecule has 3 rings (SSSR count). The number of ether oxygens (including phenoxy) is 3. The zero-order valence-electron chi connectivity index (χ0n) is 24.2. The number of rotatable bonds is 17. The molecule has 40 heavy (non-hydrogen) atoms. The van der Waals surface area contributed by atoms with E-state index < -0.39 is 19.4 Å². The molecule has 1 saturated carbocycles. The topological polar surface area (TPSA) is 124 Å². The average molecular weight is 580 g/mol. The van der Waals surface area contributed by atoms with Gasteiger partial charge in [0.15, 0.2) is 5.60 Å². The molecule has 1 fully saturated rings. The van der Waals surface area contributed by atoms with Crippen LogP contribution < -0.4 is 9.63 Å². The largest absolute Gasteiger partial charge is 0.756 e. The number of carbonyl (C=O) groups is 1. The number of benzene rings is 1. The zero-order valence-corrected chi connectivity index (χ0v) is 25.1. The Bertz CT molecular complexity index is 1110. The number of unbranched alkanes of at least 4 members (excludes halogenated alkanes) is 2. The molecule has 10 heteroatoms. The van der Waals surface area contributed by atoms with Crippen LogP contribution in [-0.4, -0.2) is 50.2 Å². The SMILES string of the molecule is C=C(C)[C@@H]1CCC(C)=C[C@H]1c1c(O)cc(CCCCC)cc1OC(=O)C1(OP(=O)([O-])OCCOCCOC)CC1. The monoisotopic (exact) mass is 579 g/mol. The number of phenols is 1. The molecular weight excluding hydrogens is 535 g/mol. The van der Waals surface area contributed by atoms with Gasteiger partial charge in [0, 0.05) is 18.6 Å². The van der Waals surface area contributed by atoms with Crippen molar-refractivity contribution in [1.82, 2.24) is 0 Å². The molecule has 1 N–H and O–H groups in total. The number of allylic oxidation sites excluding steroid dienone is 3. The minimum absolute atomic E-state index is 0.0298. The molecule has 0 aliphatic heterocycles. The number of phenolic OH excluding ortho intramolecular Hbond substituents is 1. The number of methoxy groups -OCH3 is 1. The van der Waals surface area contributed by atoms with E-state index in [4.69, 9.17) is 23.3 Å². The van der Waals surface area contributed by atoms with Crippen molar-refractivity contribution in [2.75, 3.05) is 33.5 Å². The number of carbonyl (C=O) groups excluding carboxylic acids is 1. The highest BCUT2D eigenvalue weighted by Crippen LogP contribution is 2.54. The number of phosphoric acid groups is 1. The predicted molar refractivity (Wildman–Crippen MR) is 150 cm³/mol. The van der Waals surface area contributed by atoms with Crippen LogP contribution in [0, 0.1) is 5.92 Å². The summed E-state index contributed by atoms with van der Waals surface area (Å²) in [6.45, 7) is 10.8. The zero-order chi connectivity index (χ0) is 29.3. The molecular formula is C30H44O9P-. The third-order valence-electron chi connectivity index (χ3n) is 7.44. The summed E-state index contributed by atoms with van der Waals surface area (Å²) >= 11 is 0. The van der Waals surface area contributed by atoms with Crippen LogP contribution in [0.25, 0.3) is 0 Å². The molecule has 1 aromatic carbocycles. The summed E-state index contributed by atoms with van der Waals surface area (Å²) in [6, 6.07) is 3.53. The lowest BCUT2D eigenvalue weighted by Crippen LogP contribution is -2.32. The summed E-state index contributed by atoms with van der Waals surface area (Å²) in [7, 11) is -3.27. The standard InChI is InChI=1S/C30H45O9P/c1-6-7-8-9-23-19-26(31)28(25-18-22(4)10-11-24(25)21(2)3)27(20-23)38-29(32)30(12-13-30)39-40(33,34)37-17-16-36-15-14-35-5/h18-20,24-25,31H,2,6-17H2,1,3-5H3,(H,33,34)/p-1/t24-,25+/m0/s1. The van der Waals surface area contributed by atoms with Gasteiger partial charge < -0.3 is 28.7 Å². The first-order valence-electron chi connectivity index (χ1n) is 14.2. The van der Waals surface area contributed by atoms with Gasteiger partial charge in [0.1, 0.15) is 11.5 Å². The van der Waals surface area contributed by atoms with Crippen molar-refractivity contribution in [3.05, 3.63) is 47.1 Å². The van der Waals surface area contributed by atoms with Gasteiger partial charge in [0.2, 0.25) is 0 Å². The lowest BCUT2D eigenvalue weighted by atomic mass is 9.73. The maximum Gasteiger partial charge on any atom is 0.344 e. The third kappa shape index (κ3) is 9.00. The van der Waals surface area contributed by atoms with E-state index in [0.29, 0.717) is 25.2 Å². The number of phosphoric ester groups is 1. The van der Waals surface area contributed by atoms with Crippen LogP contribution in [0.5, 0.6) is 11.5 Å². The fourth-order valence-electron chi connectivity index (χ4n) is 5.05. The Labute approximate surface area is 238 Å². The van der Waals surface area contributed by atoms with Gasteiger partial charge in [-0.05, 0) is 76.0 Å². The van der Waals surface area contributed by atoms with Gasteiger partial charge in [-0.15, -0.1) is 0 Å². The van der Waals surface area contributed by atoms with Gasteiger partial charge in [-0.1, -0.05) is 43.6 Å². The van der Waals surface area contributed by atoms with Crippen molar-refractivity contribution in [1.29, 1.82) is 0 Å². The fourth-order valence-corrected chi connectivity index (χ4v) is 6.08. The van der Waals surface area contributed by atoms with E-state index in [0.717, 1.165) is 43.2 Å².